The number of hydrogen-bond donors (Lipinski definition) is 0. The molecule has 4 aromatic carbocycles. The molecule has 0 saturated carbocycles. The first-order chi connectivity index (χ1) is 15.0. The van der Waals surface area contributed by atoms with Crippen molar-refractivity contribution in [3.05, 3.63) is 131 Å². The van der Waals surface area contributed by atoms with Gasteiger partial charge in [-0.3, -0.25) is 0 Å². The van der Waals surface area contributed by atoms with E-state index in [-0.39, 0.29) is 0 Å². The maximum absolute atomic E-state index is 4.50. The van der Waals surface area contributed by atoms with Crippen LogP contribution in [0.4, 0.5) is 0 Å². The van der Waals surface area contributed by atoms with Crippen molar-refractivity contribution in [3.8, 4) is 0 Å². The molecule has 156 valence electrons. The minimum atomic E-state index is -3.02. The van der Waals surface area contributed by atoms with Crippen LogP contribution in [0.25, 0.3) is 4.48 Å². The molecule has 4 heteroatoms. The first kappa shape index (κ1) is 22.7. The molecule has 4 aromatic rings. The molecule has 0 spiro atoms. The summed E-state index contributed by atoms with van der Waals surface area (Å²) in [7, 11) is 0. The first-order valence-corrected chi connectivity index (χ1v) is 16.1. The van der Waals surface area contributed by atoms with Crippen LogP contribution in [-0.2, 0) is 0 Å². The van der Waals surface area contributed by atoms with Crippen LogP contribution in [-0.4, -0.2) is 6.16 Å². The summed E-state index contributed by atoms with van der Waals surface area (Å²) in [5.74, 6) is 0. The SMILES string of the molecule is Br/C(CP(Br)(c1ccccc1)(c1ccccc1)c1ccccc1)=C(/Br)c1ccccc1. The molecule has 0 unspecified atom stereocenters. The summed E-state index contributed by atoms with van der Waals surface area (Å²) in [6, 6.07) is 43.0. The molecule has 0 nitrogen and oxygen atoms in total. The van der Waals surface area contributed by atoms with E-state index in [1.165, 1.54) is 15.9 Å². The van der Waals surface area contributed by atoms with E-state index in [2.05, 4.69) is 163 Å². The fourth-order valence-electron chi connectivity index (χ4n) is 4.01. The zero-order chi connectivity index (χ0) is 21.8. The number of benzene rings is 4. The molecule has 0 radical (unpaired) electrons. The number of allylic oxidation sites excluding steroid dienone is 1. The third kappa shape index (κ3) is 4.26. The van der Waals surface area contributed by atoms with E-state index in [1.54, 1.807) is 0 Å². The first-order valence-electron chi connectivity index (χ1n) is 10.0. The summed E-state index contributed by atoms with van der Waals surface area (Å²) < 4.78 is 2.20. The van der Waals surface area contributed by atoms with Crippen molar-refractivity contribution in [3.63, 3.8) is 0 Å². The van der Waals surface area contributed by atoms with Crippen LogP contribution in [0.1, 0.15) is 5.56 Å². The Morgan fingerprint density at radius 1 is 0.516 bits per heavy atom. The Labute approximate surface area is 209 Å². The predicted octanol–water partition coefficient (Wildman–Crippen LogP) is 7.98. The third-order valence-electron chi connectivity index (χ3n) is 5.58. The average molecular weight is 617 g/mol. The Kier molecular flexibility index (Phi) is 6.98. The summed E-state index contributed by atoms with van der Waals surface area (Å²) in [4.78, 5) is 0. The van der Waals surface area contributed by atoms with Gasteiger partial charge in [0.2, 0.25) is 0 Å². The molecule has 0 bridgehead atoms. The molecule has 0 fully saturated rings. The van der Waals surface area contributed by atoms with Crippen LogP contribution < -0.4 is 15.9 Å². The summed E-state index contributed by atoms with van der Waals surface area (Å²) in [6.07, 6.45) is 0.805. The van der Waals surface area contributed by atoms with Gasteiger partial charge in [0.05, 0.1) is 0 Å². The number of halogens is 3. The van der Waals surface area contributed by atoms with Gasteiger partial charge in [-0.15, -0.1) is 0 Å². The van der Waals surface area contributed by atoms with Crippen molar-refractivity contribution in [1.82, 2.24) is 0 Å². The number of hydrogen-bond acceptors (Lipinski definition) is 0. The second-order valence-corrected chi connectivity index (χ2v) is 18.1. The third-order valence-corrected chi connectivity index (χ3v) is 17.6. The molecule has 31 heavy (non-hydrogen) atoms. The van der Waals surface area contributed by atoms with E-state index >= 15 is 0 Å². The van der Waals surface area contributed by atoms with Crippen molar-refractivity contribution in [2.24, 2.45) is 0 Å². The van der Waals surface area contributed by atoms with E-state index < -0.39 is 5.31 Å². The number of rotatable bonds is 6. The fraction of sp³-hybridized carbons (Fsp3) is 0.0370. The fourth-order valence-corrected chi connectivity index (χ4v) is 14.8. The predicted molar refractivity (Wildman–Crippen MR) is 150 cm³/mol. The second kappa shape index (κ2) is 9.55. The topological polar surface area (TPSA) is 0 Å². The van der Waals surface area contributed by atoms with Crippen molar-refractivity contribution >= 4 is 73.1 Å². The van der Waals surface area contributed by atoms with Crippen LogP contribution in [0.5, 0.6) is 0 Å². The molecule has 0 aliphatic carbocycles. The zero-order valence-corrected chi connectivity index (χ0v) is 22.5. The quantitative estimate of drug-likeness (QED) is 0.193. The normalized spacial score (nSPS) is 13.7. The summed E-state index contributed by atoms with van der Waals surface area (Å²) in [6.45, 7) is 0. The Hall–Kier alpha value is -1.51. The van der Waals surface area contributed by atoms with Gasteiger partial charge in [-0.2, -0.15) is 0 Å². The molecule has 0 heterocycles. The molecule has 4 rings (SSSR count). The van der Waals surface area contributed by atoms with Crippen LogP contribution in [0.3, 0.4) is 0 Å². The molecule has 0 atom stereocenters. The summed E-state index contributed by atoms with van der Waals surface area (Å²) in [5.41, 5.74) is 1.15. The van der Waals surface area contributed by atoms with Crippen LogP contribution in [0.15, 0.2) is 126 Å². The Morgan fingerprint density at radius 2 is 0.839 bits per heavy atom. The van der Waals surface area contributed by atoms with E-state index in [1.807, 2.05) is 6.07 Å². The van der Waals surface area contributed by atoms with E-state index in [0.717, 1.165) is 20.7 Å². The van der Waals surface area contributed by atoms with Gasteiger partial charge in [0, 0.05) is 0 Å². The molecule has 0 aliphatic heterocycles. The van der Waals surface area contributed by atoms with Crippen molar-refractivity contribution in [2.45, 2.75) is 0 Å². The van der Waals surface area contributed by atoms with E-state index in [0.29, 0.717) is 0 Å². The molecule has 0 saturated heterocycles. The van der Waals surface area contributed by atoms with E-state index in [9.17, 15) is 0 Å². The van der Waals surface area contributed by atoms with Crippen LogP contribution >= 0.6 is 52.7 Å². The van der Waals surface area contributed by atoms with Crippen molar-refractivity contribution in [1.29, 1.82) is 0 Å². The monoisotopic (exact) mass is 614 g/mol. The van der Waals surface area contributed by atoms with E-state index in [4.69, 9.17) is 0 Å². The molecule has 0 aliphatic rings. The Morgan fingerprint density at radius 3 is 1.19 bits per heavy atom. The van der Waals surface area contributed by atoms with Crippen molar-refractivity contribution in [2.75, 3.05) is 6.16 Å². The standard InChI is InChI=1S/C27H22Br3P/c28-26(27(29)22-13-5-1-6-14-22)21-31(30,23-15-7-2-8-16-23,24-17-9-3-10-18-24)25-19-11-4-12-20-25/h1-20H,21H2/b27-26+. The van der Waals surface area contributed by atoms with Crippen molar-refractivity contribution < 1.29 is 0 Å². The van der Waals surface area contributed by atoms with Gasteiger partial charge in [-0.05, 0) is 0 Å². The van der Waals surface area contributed by atoms with Gasteiger partial charge in [-0.1, -0.05) is 0 Å². The molecule has 0 amide bonds. The average Bonchev–Trinajstić information content (AvgIpc) is 2.85. The van der Waals surface area contributed by atoms with Gasteiger partial charge in [0.25, 0.3) is 0 Å². The van der Waals surface area contributed by atoms with Gasteiger partial charge < -0.3 is 0 Å². The Bertz CT molecular complexity index is 1070. The molecular formula is C27H22Br3P. The van der Waals surface area contributed by atoms with Crippen LogP contribution in [0.2, 0.25) is 0 Å². The second-order valence-electron chi connectivity index (χ2n) is 7.43. The van der Waals surface area contributed by atoms with Gasteiger partial charge in [0.1, 0.15) is 0 Å². The Balaban J connectivity index is 2.04. The molecular weight excluding hydrogens is 595 g/mol. The maximum atomic E-state index is 4.50. The van der Waals surface area contributed by atoms with Gasteiger partial charge in [0.15, 0.2) is 0 Å². The molecule has 0 N–H and O–H groups in total. The summed E-state index contributed by atoms with van der Waals surface area (Å²) in [5, 5.41) is 0.883. The van der Waals surface area contributed by atoms with Crippen LogP contribution in [0, 0.1) is 0 Å². The summed E-state index contributed by atoms with van der Waals surface area (Å²) >= 11 is 12.4. The minimum absolute atomic E-state index is 0.805. The zero-order valence-electron chi connectivity index (χ0n) is 16.8. The van der Waals surface area contributed by atoms with Gasteiger partial charge >= 0.3 is 211 Å². The molecule has 0 aromatic heterocycles. The van der Waals surface area contributed by atoms with Gasteiger partial charge in [-0.25, -0.2) is 0 Å².